The van der Waals surface area contributed by atoms with Crippen molar-refractivity contribution in [3.05, 3.63) is 30.0 Å². The summed E-state index contributed by atoms with van der Waals surface area (Å²) in [6, 6.07) is 0. The van der Waals surface area contributed by atoms with Gasteiger partial charge in [-0.25, -0.2) is 4.98 Å². The molecule has 2 heterocycles. The maximum Gasteiger partial charge on any atom is 0.185 e. The third-order valence-corrected chi connectivity index (χ3v) is 2.33. The van der Waals surface area contributed by atoms with Crippen LogP contribution in [0.5, 0.6) is 0 Å². The highest BCUT2D eigenvalue weighted by Gasteiger charge is 2.14. The van der Waals surface area contributed by atoms with Crippen LogP contribution >= 0.6 is 0 Å². The number of hydrogen-bond donors (Lipinski definition) is 0. The van der Waals surface area contributed by atoms with Crippen molar-refractivity contribution < 1.29 is 4.79 Å². The van der Waals surface area contributed by atoms with Crippen LogP contribution in [0.1, 0.15) is 30.0 Å². The Bertz CT molecular complexity index is 514. The molecule has 4 heteroatoms. The summed E-state index contributed by atoms with van der Waals surface area (Å²) < 4.78 is 1.83. The molecular formula is C11H13N3O. The molecule has 0 N–H and O–H groups in total. The zero-order valence-corrected chi connectivity index (χ0v) is 9.06. The van der Waals surface area contributed by atoms with Crippen LogP contribution in [0.2, 0.25) is 0 Å². The summed E-state index contributed by atoms with van der Waals surface area (Å²) in [5.74, 6) is 0.0428. The molecule has 0 aromatic carbocycles. The number of hydrogen-bond acceptors (Lipinski definition) is 3. The summed E-state index contributed by atoms with van der Waals surface area (Å²) >= 11 is 0. The smallest absolute Gasteiger partial charge is 0.185 e. The van der Waals surface area contributed by atoms with Crippen molar-refractivity contribution in [1.29, 1.82) is 0 Å². The average molecular weight is 203 g/mol. The molecule has 0 atom stereocenters. The van der Waals surface area contributed by atoms with Crippen molar-refractivity contribution in [3.8, 4) is 0 Å². The number of ketones is 1. The summed E-state index contributed by atoms with van der Waals surface area (Å²) in [5, 5.41) is 0. The van der Waals surface area contributed by atoms with Crippen LogP contribution in [-0.4, -0.2) is 20.2 Å². The molecule has 0 fully saturated rings. The van der Waals surface area contributed by atoms with Gasteiger partial charge in [-0.1, -0.05) is 13.8 Å². The lowest BCUT2D eigenvalue weighted by molar-refractivity contribution is 0.0935. The number of imidazole rings is 1. The van der Waals surface area contributed by atoms with E-state index in [1.165, 1.54) is 0 Å². The first-order valence-electron chi connectivity index (χ1n) is 4.94. The first-order chi connectivity index (χ1) is 7.09. The highest BCUT2D eigenvalue weighted by Crippen LogP contribution is 2.11. The van der Waals surface area contributed by atoms with Gasteiger partial charge in [0.2, 0.25) is 0 Å². The fraction of sp³-hybridized carbons (Fsp3) is 0.364. The van der Waals surface area contributed by atoms with E-state index in [0.29, 0.717) is 5.69 Å². The third-order valence-electron chi connectivity index (χ3n) is 2.33. The number of nitrogens with zero attached hydrogens (tertiary/aromatic N) is 3. The number of Topliss-reactive ketones (excluding diaryl/α,β-unsaturated/α-hetero) is 1. The molecule has 78 valence electrons. The predicted octanol–water partition coefficient (Wildman–Crippen LogP) is 1.88. The van der Waals surface area contributed by atoms with Crippen molar-refractivity contribution in [2.45, 2.75) is 20.8 Å². The number of rotatable bonds is 2. The van der Waals surface area contributed by atoms with Crippen LogP contribution in [0.25, 0.3) is 5.65 Å². The van der Waals surface area contributed by atoms with Crippen molar-refractivity contribution in [3.63, 3.8) is 0 Å². The minimum atomic E-state index is -0.0248. The van der Waals surface area contributed by atoms with E-state index in [-0.39, 0.29) is 11.7 Å². The minimum absolute atomic E-state index is 0.0248. The van der Waals surface area contributed by atoms with E-state index in [1.54, 1.807) is 18.6 Å². The van der Waals surface area contributed by atoms with Gasteiger partial charge in [-0.15, -0.1) is 0 Å². The van der Waals surface area contributed by atoms with Crippen molar-refractivity contribution in [2.75, 3.05) is 0 Å². The normalized spacial score (nSPS) is 11.2. The van der Waals surface area contributed by atoms with E-state index in [2.05, 4.69) is 9.97 Å². The standard InChI is InChI=1S/C11H13N3O/c1-7(2)10(15)9-6-14-5-4-12-8(3)11(14)13-9/h4-7H,1-3H3. The highest BCUT2D eigenvalue weighted by molar-refractivity contribution is 5.96. The number of carbonyl (C=O) groups is 1. The third kappa shape index (κ3) is 1.63. The largest absolute Gasteiger partial charge is 0.303 e. The highest BCUT2D eigenvalue weighted by atomic mass is 16.1. The van der Waals surface area contributed by atoms with Gasteiger partial charge in [-0.3, -0.25) is 9.78 Å². The molecule has 0 bridgehead atoms. The summed E-state index contributed by atoms with van der Waals surface area (Å²) in [5.41, 5.74) is 2.10. The van der Waals surface area contributed by atoms with Crippen LogP contribution in [-0.2, 0) is 0 Å². The van der Waals surface area contributed by atoms with Gasteiger partial charge < -0.3 is 4.40 Å². The SMILES string of the molecule is Cc1nccn2cc(C(=O)C(C)C)nc12. The molecule has 2 aromatic rings. The van der Waals surface area contributed by atoms with Gasteiger partial charge in [-0.05, 0) is 6.92 Å². The van der Waals surface area contributed by atoms with Crippen LogP contribution in [0.15, 0.2) is 18.6 Å². The topological polar surface area (TPSA) is 47.3 Å². The van der Waals surface area contributed by atoms with E-state index in [9.17, 15) is 4.79 Å². The van der Waals surface area contributed by atoms with Crippen LogP contribution in [0, 0.1) is 12.8 Å². The summed E-state index contributed by atoms with van der Waals surface area (Å²) in [6.07, 6.45) is 5.26. The minimum Gasteiger partial charge on any atom is -0.303 e. The molecule has 0 unspecified atom stereocenters. The zero-order chi connectivity index (χ0) is 11.0. The molecule has 0 spiro atoms. The Morgan fingerprint density at radius 1 is 1.47 bits per heavy atom. The second-order valence-electron chi connectivity index (χ2n) is 3.89. The maximum atomic E-state index is 11.7. The fourth-order valence-corrected chi connectivity index (χ4v) is 1.46. The van der Waals surface area contributed by atoms with Gasteiger partial charge in [0.25, 0.3) is 0 Å². The summed E-state index contributed by atoms with van der Waals surface area (Å²) in [4.78, 5) is 20.1. The molecular weight excluding hydrogens is 190 g/mol. The fourth-order valence-electron chi connectivity index (χ4n) is 1.46. The predicted molar refractivity (Wildman–Crippen MR) is 56.9 cm³/mol. The number of carbonyl (C=O) groups excluding carboxylic acids is 1. The first kappa shape index (κ1) is 9.83. The molecule has 0 aliphatic carbocycles. The number of fused-ring (bicyclic) bond motifs is 1. The van der Waals surface area contributed by atoms with Crippen molar-refractivity contribution in [1.82, 2.24) is 14.4 Å². The summed E-state index contributed by atoms with van der Waals surface area (Å²) in [6.45, 7) is 5.63. The Labute approximate surface area is 88.0 Å². The molecule has 2 rings (SSSR count). The maximum absolute atomic E-state index is 11.7. The number of aryl methyl sites for hydroxylation is 1. The van der Waals surface area contributed by atoms with Crippen LogP contribution < -0.4 is 0 Å². The lowest BCUT2D eigenvalue weighted by Crippen LogP contribution is -2.07. The van der Waals surface area contributed by atoms with E-state index in [4.69, 9.17) is 0 Å². The van der Waals surface area contributed by atoms with Gasteiger partial charge >= 0.3 is 0 Å². The van der Waals surface area contributed by atoms with E-state index >= 15 is 0 Å². The summed E-state index contributed by atoms with van der Waals surface area (Å²) in [7, 11) is 0. The Kier molecular flexibility index (Phi) is 2.26. The Morgan fingerprint density at radius 2 is 2.20 bits per heavy atom. The van der Waals surface area contributed by atoms with Gasteiger partial charge in [0.15, 0.2) is 11.4 Å². The lowest BCUT2D eigenvalue weighted by atomic mass is 10.1. The zero-order valence-electron chi connectivity index (χ0n) is 9.06. The molecule has 2 aromatic heterocycles. The van der Waals surface area contributed by atoms with Gasteiger partial charge in [0.05, 0.1) is 5.69 Å². The molecule has 15 heavy (non-hydrogen) atoms. The van der Waals surface area contributed by atoms with Crippen molar-refractivity contribution in [2.24, 2.45) is 5.92 Å². The molecule has 0 saturated carbocycles. The molecule has 0 radical (unpaired) electrons. The molecule has 0 saturated heterocycles. The monoisotopic (exact) mass is 203 g/mol. The van der Waals surface area contributed by atoms with E-state index in [1.807, 2.05) is 25.2 Å². The Balaban J connectivity index is 2.57. The second-order valence-corrected chi connectivity index (χ2v) is 3.89. The average Bonchev–Trinajstić information content (AvgIpc) is 2.61. The van der Waals surface area contributed by atoms with Crippen LogP contribution in [0.3, 0.4) is 0 Å². The number of aromatic nitrogens is 3. The second kappa shape index (κ2) is 3.46. The van der Waals surface area contributed by atoms with E-state index in [0.717, 1.165) is 11.3 Å². The molecule has 4 nitrogen and oxygen atoms in total. The molecule has 0 amide bonds. The van der Waals surface area contributed by atoms with Crippen LogP contribution in [0.4, 0.5) is 0 Å². The Hall–Kier alpha value is -1.71. The Morgan fingerprint density at radius 3 is 2.80 bits per heavy atom. The van der Waals surface area contributed by atoms with Gasteiger partial charge in [-0.2, -0.15) is 0 Å². The van der Waals surface area contributed by atoms with Gasteiger partial charge in [0.1, 0.15) is 5.69 Å². The first-order valence-corrected chi connectivity index (χ1v) is 4.94. The van der Waals surface area contributed by atoms with Gasteiger partial charge in [0, 0.05) is 24.5 Å². The molecule has 0 aliphatic rings. The lowest BCUT2D eigenvalue weighted by Gasteiger charge is -1.97. The van der Waals surface area contributed by atoms with E-state index < -0.39 is 0 Å². The van der Waals surface area contributed by atoms with Crippen molar-refractivity contribution >= 4 is 11.4 Å². The molecule has 0 aliphatic heterocycles. The quantitative estimate of drug-likeness (QED) is 0.700.